The Hall–Kier alpha value is -0.220. The molecule has 3 aliphatic rings. The van der Waals surface area contributed by atoms with Crippen LogP contribution in [0.25, 0.3) is 0 Å². The second-order valence-corrected chi connectivity index (χ2v) is 7.67. The molecule has 0 bridgehead atoms. The first-order valence-electron chi connectivity index (χ1n) is 7.79. The van der Waals surface area contributed by atoms with Gasteiger partial charge >= 0.3 is 5.97 Å². The summed E-state index contributed by atoms with van der Waals surface area (Å²) in [6.07, 6.45) is 9.96. The Morgan fingerprint density at radius 1 is 1.16 bits per heavy atom. The largest absolute Gasteiger partial charge is 0.480 e. The summed E-state index contributed by atoms with van der Waals surface area (Å²) >= 11 is 1.88. The minimum absolute atomic E-state index is 0.377. The Morgan fingerprint density at radius 3 is 2.37 bits per heavy atom. The third kappa shape index (κ3) is 3.27. The van der Waals surface area contributed by atoms with E-state index in [4.69, 9.17) is 0 Å². The third-order valence-corrected chi connectivity index (χ3v) is 6.22. The molecule has 4 heteroatoms. The van der Waals surface area contributed by atoms with Crippen molar-refractivity contribution in [3.05, 3.63) is 0 Å². The molecule has 3 rings (SSSR count). The van der Waals surface area contributed by atoms with Crippen molar-refractivity contribution in [2.24, 2.45) is 11.8 Å². The van der Waals surface area contributed by atoms with Gasteiger partial charge in [0.2, 0.25) is 0 Å². The Balaban J connectivity index is 1.55. The summed E-state index contributed by atoms with van der Waals surface area (Å²) in [6.45, 7) is 0. The molecule has 0 saturated heterocycles. The maximum Gasteiger partial charge on any atom is 0.325 e. The highest BCUT2D eigenvalue weighted by Gasteiger charge is 2.53. The fraction of sp³-hybridized carbons (Fsp3) is 0.933. The average molecular weight is 283 g/mol. The molecule has 19 heavy (non-hydrogen) atoms. The summed E-state index contributed by atoms with van der Waals surface area (Å²) in [5.74, 6) is 2.53. The van der Waals surface area contributed by atoms with Crippen LogP contribution in [0.2, 0.25) is 0 Å². The lowest BCUT2D eigenvalue weighted by molar-refractivity contribution is -0.145. The van der Waals surface area contributed by atoms with Crippen LogP contribution in [0.3, 0.4) is 0 Å². The van der Waals surface area contributed by atoms with Crippen molar-refractivity contribution in [1.29, 1.82) is 0 Å². The van der Waals surface area contributed by atoms with E-state index in [1.165, 1.54) is 25.7 Å². The number of thioether (sulfide) groups is 1. The molecule has 1 atom stereocenters. The number of rotatable bonds is 8. The average Bonchev–Trinajstić information content (AvgIpc) is 3.29. The van der Waals surface area contributed by atoms with E-state index >= 15 is 0 Å². The zero-order valence-electron chi connectivity index (χ0n) is 11.6. The van der Waals surface area contributed by atoms with Gasteiger partial charge in [-0.05, 0) is 56.1 Å². The van der Waals surface area contributed by atoms with Crippen molar-refractivity contribution in [2.45, 2.75) is 62.9 Å². The van der Waals surface area contributed by atoms with Crippen LogP contribution in [0.5, 0.6) is 0 Å². The van der Waals surface area contributed by atoms with Gasteiger partial charge in [-0.15, -0.1) is 0 Å². The molecule has 0 aromatic rings. The van der Waals surface area contributed by atoms with Crippen LogP contribution in [0.1, 0.15) is 51.4 Å². The van der Waals surface area contributed by atoms with E-state index in [1.54, 1.807) is 0 Å². The Labute approximate surface area is 119 Å². The van der Waals surface area contributed by atoms with E-state index in [0.29, 0.717) is 12.0 Å². The molecule has 108 valence electrons. The molecule has 0 amide bonds. The van der Waals surface area contributed by atoms with Crippen LogP contribution in [0, 0.1) is 11.8 Å². The van der Waals surface area contributed by atoms with E-state index in [1.807, 2.05) is 11.8 Å². The second kappa shape index (κ2) is 5.65. The number of hydrogen-bond donors (Lipinski definition) is 2. The summed E-state index contributed by atoms with van der Waals surface area (Å²) in [5.41, 5.74) is -0.621. The molecule has 0 aliphatic heterocycles. The summed E-state index contributed by atoms with van der Waals surface area (Å²) in [7, 11) is 0. The molecule has 0 aromatic heterocycles. The van der Waals surface area contributed by atoms with Gasteiger partial charge in [0.1, 0.15) is 5.54 Å². The Kier molecular flexibility index (Phi) is 4.08. The zero-order chi connectivity index (χ0) is 13.3. The highest BCUT2D eigenvalue weighted by molar-refractivity contribution is 7.99. The SMILES string of the molecule is O=C(O)C(CSCC1CCCC1)(NC1CC1)C1CC1. The van der Waals surface area contributed by atoms with Gasteiger partial charge in [-0.2, -0.15) is 11.8 Å². The van der Waals surface area contributed by atoms with Crippen molar-refractivity contribution >= 4 is 17.7 Å². The summed E-state index contributed by atoms with van der Waals surface area (Å²) in [4.78, 5) is 11.8. The van der Waals surface area contributed by atoms with E-state index in [2.05, 4.69) is 5.32 Å². The molecule has 3 nitrogen and oxygen atoms in total. The van der Waals surface area contributed by atoms with Gasteiger partial charge in [0.15, 0.2) is 0 Å². The van der Waals surface area contributed by atoms with Crippen LogP contribution in [0.4, 0.5) is 0 Å². The normalized spacial score (nSPS) is 27.4. The van der Waals surface area contributed by atoms with E-state index < -0.39 is 11.5 Å². The number of carbonyl (C=O) groups is 1. The van der Waals surface area contributed by atoms with Crippen molar-refractivity contribution < 1.29 is 9.90 Å². The Morgan fingerprint density at radius 2 is 1.84 bits per heavy atom. The molecular formula is C15H25NO2S. The van der Waals surface area contributed by atoms with Crippen molar-refractivity contribution in [3.8, 4) is 0 Å². The van der Waals surface area contributed by atoms with Crippen LogP contribution < -0.4 is 5.32 Å². The zero-order valence-corrected chi connectivity index (χ0v) is 12.4. The molecule has 3 fully saturated rings. The molecule has 2 N–H and O–H groups in total. The van der Waals surface area contributed by atoms with Crippen molar-refractivity contribution in [1.82, 2.24) is 5.32 Å². The molecule has 3 aliphatic carbocycles. The predicted octanol–water partition coefficient (Wildman–Crippen LogP) is 2.90. The quantitative estimate of drug-likeness (QED) is 0.719. The molecule has 0 spiro atoms. The van der Waals surface area contributed by atoms with Crippen molar-refractivity contribution in [3.63, 3.8) is 0 Å². The molecule has 0 aromatic carbocycles. The molecule has 0 heterocycles. The summed E-state index contributed by atoms with van der Waals surface area (Å²) in [6, 6.07) is 0.476. The number of aliphatic carboxylic acids is 1. The number of nitrogens with one attached hydrogen (secondary N) is 1. The van der Waals surface area contributed by atoms with Gasteiger partial charge in [0, 0.05) is 11.8 Å². The first-order valence-corrected chi connectivity index (χ1v) is 8.95. The van der Waals surface area contributed by atoms with Gasteiger partial charge in [0.25, 0.3) is 0 Å². The van der Waals surface area contributed by atoms with Gasteiger partial charge in [0.05, 0.1) is 0 Å². The molecule has 0 radical (unpaired) electrons. The first-order chi connectivity index (χ1) is 9.21. The lowest BCUT2D eigenvalue weighted by atomic mass is 9.95. The maximum absolute atomic E-state index is 11.8. The predicted molar refractivity (Wildman–Crippen MR) is 78.5 cm³/mol. The number of carboxylic acids is 1. The fourth-order valence-corrected chi connectivity index (χ4v) is 4.86. The van der Waals surface area contributed by atoms with Crippen molar-refractivity contribution in [2.75, 3.05) is 11.5 Å². The lowest BCUT2D eigenvalue weighted by Gasteiger charge is -2.31. The molecule has 3 saturated carbocycles. The standard InChI is InChI=1S/C15H25NO2S/c17-14(18)15(12-5-6-12,16-13-7-8-13)10-19-9-11-3-1-2-4-11/h11-13,16H,1-10H2,(H,17,18). The highest BCUT2D eigenvalue weighted by Crippen LogP contribution is 2.44. The first kappa shape index (κ1) is 13.7. The minimum atomic E-state index is -0.621. The molecule has 1 unspecified atom stereocenters. The molecular weight excluding hydrogens is 258 g/mol. The smallest absolute Gasteiger partial charge is 0.325 e. The lowest BCUT2D eigenvalue weighted by Crippen LogP contribution is -2.57. The number of hydrogen-bond acceptors (Lipinski definition) is 3. The number of carboxylic acid groups (broad SMARTS) is 1. The Bertz CT molecular complexity index is 335. The topological polar surface area (TPSA) is 49.3 Å². The third-order valence-electron chi connectivity index (χ3n) is 4.85. The summed E-state index contributed by atoms with van der Waals surface area (Å²) < 4.78 is 0. The van der Waals surface area contributed by atoms with Crippen LogP contribution in [-0.2, 0) is 4.79 Å². The van der Waals surface area contributed by atoms with E-state index in [-0.39, 0.29) is 0 Å². The fourth-order valence-electron chi connectivity index (χ4n) is 3.31. The van der Waals surface area contributed by atoms with Gasteiger partial charge in [-0.1, -0.05) is 12.8 Å². The van der Waals surface area contributed by atoms with Crippen LogP contribution >= 0.6 is 11.8 Å². The monoisotopic (exact) mass is 283 g/mol. The van der Waals surface area contributed by atoms with Gasteiger partial charge in [-0.3, -0.25) is 10.1 Å². The summed E-state index contributed by atoms with van der Waals surface area (Å²) in [5, 5.41) is 13.2. The van der Waals surface area contributed by atoms with E-state index in [9.17, 15) is 9.90 Å². The highest BCUT2D eigenvalue weighted by atomic mass is 32.2. The minimum Gasteiger partial charge on any atom is -0.480 e. The second-order valence-electron chi connectivity index (χ2n) is 6.64. The van der Waals surface area contributed by atoms with E-state index in [0.717, 1.165) is 43.1 Å². The van der Waals surface area contributed by atoms with Gasteiger partial charge < -0.3 is 5.11 Å². The van der Waals surface area contributed by atoms with Crippen LogP contribution in [0.15, 0.2) is 0 Å². The maximum atomic E-state index is 11.8. The van der Waals surface area contributed by atoms with Crippen LogP contribution in [-0.4, -0.2) is 34.2 Å². The van der Waals surface area contributed by atoms with Gasteiger partial charge in [-0.25, -0.2) is 0 Å².